The lowest BCUT2D eigenvalue weighted by molar-refractivity contribution is 0.0590. The highest BCUT2D eigenvalue weighted by atomic mass is 16.5. The van der Waals surface area contributed by atoms with Gasteiger partial charge in [-0.25, -0.2) is 0 Å². The minimum atomic E-state index is -0.176. The Hall–Kier alpha value is -1.83. The van der Waals surface area contributed by atoms with E-state index >= 15 is 0 Å². The summed E-state index contributed by atoms with van der Waals surface area (Å²) in [6.45, 7) is 2.32. The second-order valence-electron chi connectivity index (χ2n) is 7.22. The summed E-state index contributed by atoms with van der Waals surface area (Å²) in [5.74, 6) is -0.306. The van der Waals surface area contributed by atoms with Gasteiger partial charge in [0.05, 0.1) is 24.7 Å². The first-order chi connectivity index (χ1) is 12.6. The standard InChI is InChI=1S/C19H30N4O3/c20-17-9-3-8-16(18(17)24)19(25)23-10-4-7-15(11-23)22-13-26-12-21-14-5-1-2-6-14/h3,8-9,14-15,21-22,24H,1-2,4-7,10-13,20H2/t15-/m0/s1. The lowest BCUT2D eigenvalue weighted by atomic mass is 10.0. The van der Waals surface area contributed by atoms with Crippen molar-refractivity contribution in [3.05, 3.63) is 23.8 Å². The summed E-state index contributed by atoms with van der Waals surface area (Å²) in [5, 5.41) is 16.8. The topological polar surface area (TPSA) is 99.9 Å². The monoisotopic (exact) mass is 362 g/mol. The molecule has 2 aliphatic rings. The maximum Gasteiger partial charge on any atom is 0.257 e. The minimum absolute atomic E-state index is 0.131. The Morgan fingerprint density at radius 1 is 1.15 bits per heavy atom. The van der Waals surface area contributed by atoms with E-state index in [-0.39, 0.29) is 28.9 Å². The van der Waals surface area contributed by atoms with Crippen LogP contribution in [0, 0.1) is 0 Å². The second kappa shape index (κ2) is 9.21. The van der Waals surface area contributed by atoms with Crippen molar-refractivity contribution in [2.45, 2.75) is 50.6 Å². The molecule has 3 rings (SSSR count). The second-order valence-corrected chi connectivity index (χ2v) is 7.22. The third-order valence-electron chi connectivity index (χ3n) is 5.31. The van der Waals surface area contributed by atoms with Crippen molar-refractivity contribution < 1.29 is 14.6 Å². The largest absolute Gasteiger partial charge is 0.505 e. The third kappa shape index (κ3) is 4.87. The van der Waals surface area contributed by atoms with E-state index < -0.39 is 0 Å². The first-order valence-electron chi connectivity index (χ1n) is 9.56. The van der Waals surface area contributed by atoms with Crippen molar-refractivity contribution in [3.8, 4) is 5.75 Å². The van der Waals surface area contributed by atoms with E-state index in [4.69, 9.17) is 10.5 Å². The number of nitrogens with zero attached hydrogens (tertiary/aromatic N) is 1. The molecule has 1 amide bonds. The van der Waals surface area contributed by atoms with Crippen LogP contribution in [0.15, 0.2) is 18.2 Å². The van der Waals surface area contributed by atoms with Crippen LogP contribution in [0.5, 0.6) is 5.75 Å². The Morgan fingerprint density at radius 2 is 1.85 bits per heavy atom. The number of aromatic hydroxyl groups is 1. The number of hydrogen-bond donors (Lipinski definition) is 4. The Labute approximate surface area is 154 Å². The van der Waals surface area contributed by atoms with Crippen molar-refractivity contribution >= 4 is 11.6 Å². The van der Waals surface area contributed by atoms with E-state index in [1.165, 1.54) is 25.7 Å². The van der Waals surface area contributed by atoms with E-state index in [1.807, 2.05) is 0 Å². The Balaban J connectivity index is 1.42. The van der Waals surface area contributed by atoms with Gasteiger partial charge in [0, 0.05) is 25.2 Å². The number of phenolic OH excluding ortho intramolecular Hbond substituents is 1. The van der Waals surface area contributed by atoms with Gasteiger partial charge >= 0.3 is 0 Å². The van der Waals surface area contributed by atoms with Gasteiger partial charge in [-0.15, -0.1) is 0 Å². The molecule has 0 unspecified atom stereocenters. The molecule has 1 aromatic carbocycles. The highest BCUT2D eigenvalue weighted by Gasteiger charge is 2.26. The molecule has 1 aromatic rings. The summed E-state index contributed by atoms with van der Waals surface area (Å²) in [4.78, 5) is 14.5. The number of amides is 1. The van der Waals surface area contributed by atoms with Gasteiger partial charge in [0.15, 0.2) is 5.75 Å². The van der Waals surface area contributed by atoms with Gasteiger partial charge in [-0.2, -0.15) is 0 Å². The van der Waals surface area contributed by atoms with E-state index in [9.17, 15) is 9.90 Å². The molecule has 144 valence electrons. The van der Waals surface area contributed by atoms with Crippen LogP contribution < -0.4 is 16.4 Å². The number of anilines is 1. The first-order valence-corrected chi connectivity index (χ1v) is 9.56. The third-order valence-corrected chi connectivity index (χ3v) is 5.31. The van der Waals surface area contributed by atoms with Crippen molar-refractivity contribution in [1.82, 2.24) is 15.5 Å². The molecule has 2 fully saturated rings. The highest BCUT2D eigenvalue weighted by molar-refractivity contribution is 5.98. The van der Waals surface area contributed by atoms with E-state index in [0.717, 1.165) is 12.8 Å². The van der Waals surface area contributed by atoms with Crippen LogP contribution in [0.25, 0.3) is 0 Å². The maximum absolute atomic E-state index is 12.7. The van der Waals surface area contributed by atoms with Crippen molar-refractivity contribution in [2.24, 2.45) is 0 Å². The zero-order chi connectivity index (χ0) is 18.4. The van der Waals surface area contributed by atoms with Gasteiger partial charge in [-0.3, -0.25) is 15.4 Å². The van der Waals surface area contributed by atoms with Crippen LogP contribution >= 0.6 is 0 Å². The summed E-state index contributed by atoms with van der Waals surface area (Å²) < 4.78 is 5.63. The quantitative estimate of drug-likeness (QED) is 0.255. The number of carbonyl (C=O) groups is 1. The summed E-state index contributed by atoms with van der Waals surface area (Å²) >= 11 is 0. The predicted molar refractivity (Wildman–Crippen MR) is 101 cm³/mol. The van der Waals surface area contributed by atoms with Crippen molar-refractivity contribution in [3.63, 3.8) is 0 Å². The lowest BCUT2D eigenvalue weighted by Crippen LogP contribution is -2.48. The van der Waals surface area contributed by atoms with Crippen LogP contribution in [-0.2, 0) is 4.74 Å². The molecule has 7 heteroatoms. The average molecular weight is 362 g/mol. The van der Waals surface area contributed by atoms with Gasteiger partial charge < -0.3 is 20.5 Å². The average Bonchev–Trinajstić information content (AvgIpc) is 3.17. The number of rotatable bonds is 7. The Bertz CT molecular complexity index is 604. The number of carbonyl (C=O) groups excluding carboxylic acids is 1. The number of piperidine rings is 1. The SMILES string of the molecule is Nc1cccc(C(=O)N2CCC[C@H](NCOCNC3CCCC3)C2)c1O. The van der Waals surface area contributed by atoms with Crippen LogP contribution in [0.3, 0.4) is 0 Å². The van der Waals surface area contributed by atoms with Crippen LogP contribution in [-0.4, -0.2) is 54.5 Å². The summed E-state index contributed by atoms with van der Waals surface area (Å²) in [6, 6.07) is 5.69. The normalized spacial score (nSPS) is 21.2. The Kier molecular flexibility index (Phi) is 6.71. The van der Waals surface area contributed by atoms with Crippen LogP contribution in [0.2, 0.25) is 0 Å². The smallest absolute Gasteiger partial charge is 0.257 e. The molecule has 26 heavy (non-hydrogen) atoms. The molecule has 5 N–H and O–H groups in total. The maximum atomic E-state index is 12.7. The molecule has 1 aliphatic carbocycles. The summed E-state index contributed by atoms with van der Waals surface area (Å²) in [6.07, 6.45) is 7.04. The van der Waals surface area contributed by atoms with Gasteiger partial charge in [0.25, 0.3) is 5.91 Å². The van der Waals surface area contributed by atoms with Crippen molar-refractivity contribution in [2.75, 3.05) is 32.3 Å². The number of para-hydroxylation sites is 1. The molecule has 7 nitrogen and oxygen atoms in total. The number of benzene rings is 1. The van der Waals surface area contributed by atoms with Gasteiger partial charge in [-0.05, 0) is 37.8 Å². The predicted octanol–water partition coefficient (Wildman–Crippen LogP) is 1.63. The van der Waals surface area contributed by atoms with Gasteiger partial charge in [0.1, 0.15) is 0 Å². The summed E-state index contributed by atoms with van der Waals surface area (Å²) in [5.41, 5.74) is 6.19. The number of ether oxygens (including phenoxy) is 1. The molecule has 1 atom stereocenters. The number of nitrogens with two attached hydrogens (primary N) is 1. The molecule has 0 aromatic heterocycles. The van der Waals surface area contributed by atoms with Gasteiger partial charge in [-0.1, -0.05) is 18.9 Å². The number of nitrogen functional groups attached to an aromatic ring is 1. The zero-order valence-electron chi connectivity index (χ0n) is 15.2. The molecule has 0 spiro atoms. The number of hydrogen-bond acceptors (Lipinski definition) is 6. The van der Waals surface area contributed by atoms with Crippen molar-refractivity contribution in [1.29, 1.82) is 0 Å². The highest BCUT2D eigenvalue weighted by Crippen LogP contribution is 2.26. The fourth-order valence-corrected chi connectivity index (χ4v) is 3.77. The number of phenols is 1. The molecule has 0 bridgehead atoms. The number of nitrogens with one attached hydrogen (secondary N) is 2. The summed E-state index contributed by atoms with van der Waals surface area (Å²) in [7, 11) is 0. The Morgan fingerprint density at radius 3 is 2.62 bits per heavy atom. The molecule has 1 saturated heterocycles. The first kappa shape index (κ1) is 18.9. The van der Waals surface area contributed by atoms with E-state index in [2.05, 4.69) is 10.6 Å². The van der Waals surface area contributed by atoms with Crippen LogP contribution in [0.1, 0.15) is 48.9 Å². The van der Waals surface area contributed by atoms with Crippen LogP contribution in [0.4, 0.5) is 5.69 Å². The lowest BCUT2D eigenvalue weighted by Gasteiger charge is -2.33. The molecule has 1 aliphatic heterocycles. The van der Waals surface area contributed by atoms with E-state index in [0.29, 0.717) is 32.6 Å². The molecular formula is C19H30N4O3. The van der Waals surface area contributed by atoms with E-state index in [1.54, 1.807) is 23.1 Å². The number of likely N-dealkylation sites (tertiary alicyclic amines) is 1. The minimum Gasteiger partial charge on any atom is -0.505 e. The molecule has 1 heterocycles. The van der Waals surface area contributed by atoms with Gasteiger partial charge in [0.2, 0.25) is 0 Å². The fourth-order valence-electron chi connectivity index (χ4n) is 3.77. The molecular weight excluding hydrogens is 332 g/mol. The molecule has 1 saturated carbocycles. The fraction of sp³-hybridized carbons (Fsp3) is 0.632. The molecule has 0 radical (unpaired) electrons. The zero-order valence-corrected chi connectivity index (χ0v) is 15.2.